The van der Waals surface area contributed by atoms with E-state index in [2.05, 4.69) is 136 Å². The van der Waals surface area contributed by atoms with Gasteiger partial charge in [-0.1, -0.05) is 49.3 Å². The molecule has 2 saturated heterocycles. The first-order chi connectivity index (χ1) is 25.9. The number of benzene rings is 3. The Morgan fingerprint density at radius 1 is 0.849 bits per heavy atom. The molecule has 3 N–H and O–H groups in total. The second kappa shape index (κ2) is 19.7. The molecule has 0 radical (unpaired) electrons. The standard InChI is InChI=1S/C38H46N8O2.C2H6.CH3NO/c1-43(2)21-22-44(3)33-15-13-32(14-16-33)39-31-11-9-30(10-12-31)37-40-35-34(42-48-36(35)38(41-37)46-23-25-47-26-24-46)29-17-19-45(20-18-29)27-28-7-5-4-6-8-28;1-2;2-1-3/h4-16,29,39H,17-27H2,1-3H3;1-2H3;1H,(H2,2,3). The molecule has 2 fully saturated rings. The maximum atomic E-state index is 8.58. The molecule has 7 rings (SSSR count). The van der Waals surface area contributed by atoms with E-state index in [0.717, 1.165) is 92.6 Å². The van der Waals surface area contributed by atoms with Crippen molar-refractivity contribution in [2.75, 3.05) is 88.7 Å². The molecule has 0 unspecified atom stereocenters. The Labute approximate surface area is 313 Å². The molecule has 2 aliphatic rings. The summed E-state index contributed by atoms with van der Waals surface area (Å²) in [6, 6.07) is 27.6. The van der Waals surface area contributed by atoms with Crippen LogP contribution in [0.3, 0.4) is 0 Å². The second-order valence-electron chi connectivity index (χ2n) is 13.4. The number of nitrogens with one attached hydrogen (secondary N) is 1. The van der Waals surface area contributed by atoms with Crippen molar-refractivity contribution in [2.45, 2.75) is 39.2 Å². The molecule has 2 aromatic heterocycles. The molecule has 3 aromatic carbocycles. The Kier molecular flexibility index (Phi) is 14.6. The van der Waals surface area contributed by atoms with E-state index in [1.807, 2.05) is 13.8 Å². The summed E-state index contributed by atoms with van der Waals surface area (Å²) in [6.07, 6.45) is 2.29. The van der Waals surface area contributed by atoms with Crippen LogP contribution in [0.1, 0.15) is 43.9 Å². The van der Waals surface area contributed by atoms with E-state index in [9.17, 15) is 0 Å². The zero-order valence-corrected chi connectivity index (χ0v) is 31.9. The molecule has 4 heterocycles. The molecule has 0 aliphatic carbocycles. The quantitative estimate of drug-likeness (QED) is 0.148. The highest BCUT2D eigenvalue weighted by Crippen LogP contribution is 2.37. The van der Waals surface area contributed by atoms with Crippen LogP contribution in [0.4, 0.5) is 22.9 Å². The number of nitrogens with zero attached hydrogens (tertiary/aromatic N) is 7. The molecule has 5 aromatic rings. The number of carbonyl (C=O) groups is 1. The topological polar surface area (TPSA) is 129 Å². The SMILES string of the molecule is CC.CN(C)CCN(C)c1ccc(Nc2ccc(-c3nc(N4CCOCC4)c4onc(C5CCN(Cc6ccccc6)CC5)c4n3)cc2)cc1.NC=O. The highest BCUT2D eigenvalue weighted by atomic mass is 16.5. The zero-order chi connectivity index (χ0) is 37.6. The molecule has 0 saturated carbocycles. The number of hydrogen-bond acceptors (Lipinski definition) is 11. The van der Waals surface area contributed by atoms with E-state index in [-0.39, 0.29) is 6.41 Å². The van der Waals surface area contributed by atoms with E-state index in [1.54, 1.807) is 0 Å². The number of aromatic nitrogens is 3. The monoisotopic (exact) mass is 721 g/mol. The molecule has 53 heavy (non-hydrogen) atoms. The maximum Gasteiger partial charge on any atom is 0.227 e. The van der Waals surface area contributed by atoms with Gasteiger partial charge in [0, 0.05) is 68.3 Å². The lowest BCUT2D eigenvalue weighted by atomic mass is 9.92. The number of ether oxygens (including phenoxy) is 1. The number of fused-ring (bicyclic) bond motifs is 1. The highest BCUT2D eigenvalue weighted by molar-refractivity contribution is 5.88. The van der Waals surface area contributed by atoms with E-state index < -0.39 is 0 Å². The number of primary amides is 1. The van der Waals surface area contributed by atoms with Gasteiger partial charge in [-0.2, -0.15) is 0 Å². The normalized spacial score (nSPS) is 14.9. The summed E-state index contributed by atoms with van der Waals surface area (Å²) in [4.78, 5) is 28.0. The van der Waals surface area contributed by atoms with Crippen LogP contribution in [0.5, 0.6) is 0 Å². The van der Waals surface area contributed by atoms with Crippen LogP contribution in [-0.2, 0) is 16.1 Å². The van der Waals surface area contributed by atoms with Gasteiger partial charge in [-0.25, -0.2) is 9.97 Å². The van der Waals surface area contributed by atoms with Crippen LogP contribution in [0.2, 0.25) is 0 Å². The number of amides is 1. The van der Waals surface area contributed by atoms with E-state index in [1.165, 1.54) is 11.3 Å². The van der Waals surface area contributed by atoms with Crippen molar-refractivity contribution < 1.29 is 14.1 Å². The number of carbonyl (C=O) groups excluding carboxylic acids is 1. The summed E-state index contributed by atoms with van der Waals surface area (Å²) in [5.41, 5.74) is 12.2. The molecule has 12 heteroatoms. The smallest absolute Gasteiger partial charge is 0.227 e. The van der Waals surface area contributed by atoms with Gasteiger partial charge in [-0.15, -0.1) is 0 Å². The minimum Gasteiger partial charge on any atom is -0.378 e. The largest absolute Gasteiger partial charge is 0.378 e. The average molecular weight is 722 g/mol. The van der Waals surface area contributed by atoms with Gasteiger partial charge in [-0.3, -0.25) is 9.69 Å². The molecule has 0 bridgehead atoms. The molecule has 282 valence electrons. The number of rotatable bonds is 11. The van der Waals surface area contributed by atoms with Gasteiger partial charge in [-0.05, 0) is 94.1 Å². The fourth-order valence-electron chi connectivity index (χ4n) is 6.57. The Morgan fingerprint density at radius 2 is 1.47 bits per heavy atom. The first kappa shape index (κ1) is 39.2. The van der Waals surface area contributed by atoms with Crippen molar-refractivity contribution in [3.05, 3.63) is 90.1 Å². The van der Waals surface area contributed by atoms with Crippen LogP contribution < -0.4 is 20.9 Å². The van der Waals surface area contributed by atoms with E-state index in [4.69, 9.17) is 24.0 Å². The van der Waals surface area contributed by atoms with Gasteiger partial charge in [0.25, 0.3) is 0 Å². The number of piperidine rings is 1. The van der Waals surface area contributed by atoms with Crippen molar-refractivity contribution in [1.82, 2.24) is 24.9 Å². The van der Waals surface area contributed by atoms with Crippen LogP contribution in [0.15, 0.2) is 83.4 Å². The Hall–Kier alpha value is -5.04. The van der Waals surface area contributed by atoms with Crippen molar-refractivity contribution in [3.8, 4) is 11.4 Å². The lowest BCUT2D eigenvalue weighted by molar-refractivity contribution is -0.106. The molecule has 2 aliphatic heterocycles. The lowest BCUT2D eigenvalue weighted by Gasteiger charge is -2.31. The number of likely N-dealkylation sites (tertiary alicyclic amines) is 1. The summed E-state index contributed by atoms with van der Waals surface area (Å²) in [5, 5.41) is 8.18. The number of likely N-dealkylation sites (N-methyl/N-ethyl adjacent to an activating group) is 2. The first-order valence-corrected chi connectivity index (χ1v) is 18.7. The van der Waals surface area contributed by atoms with Gasteiger partial charge >= 0.3 is 0 Å². The van der Waals surface area contributed by atoms with Crippen LogP contribution >= 0.6 is 0 Å². The molecular formula is C41H55N9O3. The van der Waals surface area contributed by atoms with Crippen LogP contribution in [-0.4, -0.2) is 105 Å². The summed E-state index contributed by atoms with van der Waals surface area (Å²) in [6.45, 7) is 11.8. The summed E-state index contributed by atoms with van der Waals surface area (Å²) in [7, 11) is 6.33. The maximum absolute atomic E-state index is 8.58. The van der Waals surface area contributed by atoms with Gasteiger partial charge in [0.2, 0.25) is 12.0 Å². The minimum absolute atomic E-state index is 0.250. The van der Waals surface area contributed by atoms with E-state index >= 15 is 0 Å². The van der Waals surface area contributed by atoms with Gasteiger partial charge in [0.15, 0.2) is 11.6 Å². The van der Waals surface area contributed by atoms with Crippen LogP contribution in [0, 0.1) is 0 Å². The summed E-state index contributed by atoms with van der Waals surface area (Å²) < 4.78 is 11.7. The average Bonchev–Trinajstić information content (AvgIpc) is 3.63. The van der Waals surface area contributed by atoms with Crippen molar-refractivity contribution in [1.29, 1.82) is 0 Å². The van der Waals surface area contributed by atoms with Gasteiger partial charge in [0.1, 0.15) is 11.2 Å². The van der Waals surface area contributed by atoms with Gasteiger partial charge in [0.05, 0.1) is 13.2 Å². The Morgan fingerprint density at radius 3 is 2.09 bits per heavy atom. The number of anilines is 4. The van der Waals surface area contributed by atoms with E-state index in [0.29, 0.717) is 30.5 Å². The number of morpholine rings is 1. The van der Waals surface area contributed by atoms with Crippen LogP contribution in [0.25, 0.3) is 22.5 Å². The third-order valence-corrected chi connectivity index (χ3v) is 9.48. The zero-order valence-electron chi connectivity index (χ0n) is 31.9. The molecule has 1 amide bonds. The number of hydrogen-bond donors (Lipinski definition) is 2. The lowest BCUT2D eigenvalue weighted by Crippen LogP contribution is -2.37. The van der Waals surface area contributed by atoms with Crippen molar-refractivity contribution in [3.63, 3.8) is 0 Å². The first-order valence-electron chi connectivity index (χ1n) is 18.7. The third-order valence-electron chi connectivity index (χ3n) is 9.48. The molecular weight excluding hydrogens is 667 g/mol. The van der Waals surface area contributed by atoms with Crippen molar-refractivity contribution >= 4 is 40.4 Å². The second-order valence-corrected chi connectivity index (χ2v) is 13.4. The summed E-state index contributed by atoms with van der Waals surface area (Å²) in [5.74, 6) is 1.78. The predicted molar refractivity (Wildman–Crippen MR) is 215 cm³/mol. The number of nitrogens with two attached hydrogens (primary N) is 1. The Balaban J connectivity index is 0.00000103. The molecule has 0 spiro atoms. The van der Waals surface area contributed by atoms with Gasteiger partial charge < -0.3 is 35.0 Å². The predicted octanol–water partition coefficient (Wildman–Crippen LogP) is 6.37. The fourth-order valence-corrected chi connectivity index (χ4v) is 6.57. The minimum atomic E-state index is 0.250. The Bertz CT molecular complexity index is 1820. The third kappa shape index (κ3) is 10.5. The summed E-state index contributed by atoms with van der Waals surface area (Å²) >= 11 is 0. The fraction of sp³-hybridized carbons (Fsp3) is 0.415. The highest BCUT2D eigenvalue weighted by Gasteiger charge is 2.29. The van der Waals surface area contributed by atoms with Crippen molar-refractivity contribution in [2.24, 2.45) is 5.73 Å². The molecule has 12 nitrogen and oxygen atoms in total. The molecule has 0 atom stereocenters.